The summed E-state index contributed by atoms with van der Waals surface area (Å²) in [6.07, 6.45) is 1.12. The molecule has 7 heteroatoms. The number of phenols is 1. The topological polar surface area (TPSA) is 85.5 Å². The Balaban J connectivity index is 2.40. The minimum Gasteiger partial charge on any atom is -0.504 e. The number of nitrogens with zero attached hydrogens (tertiary/aromatic N) is 2. The van der Waals surface area contributed by atoms with Crippen LogP contribution in [0.1, 0.15) is 5.56 Å². The summed E-state index contributed by atoms with van der Waals surface area (Å²) in [4.78, 5) is 14.1. The highest BCUT2D eigenvalue weighted by molar-refractivity contribution is 9.10. The van der Waals surface area contributed by atoms with Crippen LogP contribution in [0, 0.1) is 17.0 Å². The standard InChI is InChI=1S/C12H9BrN2O4/c1-7-8(15(17)18)6-14-12(11(7)13)19-10-5-3-2-4-9(10)16/h2-6,16H,1H3. The van der Waals surface area contributed by atoms with Crippen LogP contribution in [0.3, 0.4) is 0 Å². The summed E-state index contributed by atoms with van der Waals surface area (Å²) in [5, 5.41) is 20.4. The van der Waals surface area contributed by atoms with E-state index < -0.39 is 4.92 Å². The predicted octanol–water partition coefficient (Wildman–Crippen LogP) is 3.56. The molecule has 0 aliphatic rings. The van der Waals surface area contributed by atoms with Gasteiger partial charge in [0.25, 0.3) is 5.69 Å². The highest BCUT2D eigenvalue weighted by Gasteiger charge is 2.18. The normalized spacial score (nSPS) is 10.2. The number of hydrogen-bond acceptors (Lipinski definition) is 5. The number of phenolic OH excluding ortho intramolecular Hbond substituents is 1. The number of halogens is 1. The van der Waals surface area contributed by atoms with Gasteiger partial charge < -0.3 is 9.84 Å². The molecule has 0 unspecified atom stereocenters. The van der Waals surface area contributed by atoms with Gasteiger partial charge in [-0.15, -0.1) is 0 Å². The zero-order valence-electron chi connectivity index (χ0n) is 9.83. The van der Waals surface area contributed by atoms with Crippen LogP contribution in [0.4, 0.5) is 5.69 Å². The Morgan fingerprint density at radius 1 is 1.42 bits per heavy atom. The van der Waals surface area contributed by atoms with Crippen molar-refractivity contribution in [3.63, 3.8) is 0 Å². The van der Waals surface area contributed by atoms with Crippen molar-refractivity contribution < 1.29 is 14.8 Å². The number of aromatic nitrogens is 1. The van der Waals surface area contributed by atoms with Crippen LogP contribution >= 0.6 is 15.9 Å². The molecule has 1 heterocycles. The van der Waals surface area contributed by atoms with E-state index in [9.17, 15) is 15.2 Å². The molecule has 2 rings (SSSR count). The van der Waals surface area contributed by atoms with Crippen molar-refractivity contribution in [1.29, 1.82) is 0 Å². The van der Waals surface area contributed by atoms with E-state index in [-0.39, 0.29) is 23.1 Å². The molecule has 0 amide bonds. The van der Waals surface area contributed by atoms with Gasteiger partial charge in [0.1, 0.15) is 6.20 Å². The van der Waals surface area contributed by atoms with Crippen LogP contribution in [-0.4, -0.2) is 15.0 Å². The first-order chi connectivity index (χ1) is 9.00. The fraction of sp³-hybridized carbons (Fsp3) is 0.0833. The molecule has 0 fully saturated rings. The summed E-state index contributed by atoms with van der Waals surface area (Å²) < 4.78 is 5.80. The van der Waals surface area contributed by atoms with E-state index >= 15 is 0 Å². The average Bonchev–Trinajstić information content (AvgIpc) is 2.37. The van der Waals surface area contributed by atoms with Crippen molar-refractivity contribution >= 4 is 21.6 Å². The predicted molar refractivity (Wildman–Crippen MR) is 71.5 cm³/mol. The van der Waals surface area contributed by atoms with Crippen LogP contribution in [-0.2, 0) is 0 Å². The van der Waals surface area contributed by atoms with E-state index in [1.165, 1.54) is 6.07 Å². The lowest BCUT2D eigenvalue weighted by Crippen LogP contribution is -1.97. The molecule has 0 radical (unpaired) electrons. The first kappa shape index (κ1) is 13.3. The van der Waals surface area contributed by atoms with Gasteiger partial charge in [-0.05, 0) is 35.0 Å². The van der Waals surface area contributed by atoms with Gasteiger partial charge in [-0.1, -0.05) is 12.1 Å². The second kappa shape index (κ2) is 5.23. The second-order valence-electron chi connectivity index (χ2n) is 3.71. The molecule has 1 aromatic heterocycles. The van der Waals surface area contributed by atoms with E-state index in [4.69, 9.17) is 4.74 Å². The van der Waals surface area contributed by atoms with Gasteiger partial charge in [0.15, 0.2) is 11.5 Å². The zero-order valence-corrected chi connectivity index (χ0v) is 11.4. The minimum atomic E-state index is -0.517. The van der Waals surface area contributed by atoms with Gasteiger partial charge >= 0.3 is 0 Å². The molecule has 0 saturated heterocycles. The number of aromatic hydroxyl groups is 1. The Hall–Kier alpha value is -2.15. The Kier molecular flexibility index (Phi) is 3.66. The summed E-state index contributed by atoms with van der Waals surface area (Å²) in [5.74, 6) is 0.348. The average molecular weight is 325 g/mol. The third-order valence-electron chi connectivity index (χ3n) is 2.47. The number of ether oxygens (including phenoxy) is 1. The molecule has 0 atom stereocenters. The summed E-state index contributed by atoms with van der Waals surface area (Å²) in [7, 11) is 0. The van der Waals surface area contributed by atoms with Crippen molar-refractivity contribution in [2.75, 3.05) is 0 Å². The summed E-state index contributed by atoms with van der Waals surface area (Å²) in [6.45, 7) is 1.58. The monoisotopic (exact) mass is 324 g/mol. The maximum atomic E-state index is 10.8. The molecule has 1 aromatic carbocycles. The second-order valence-corrected chi connectivity index (χ2v) is 4.51. The molecule has 0 aliphatic heterocycles. The molecule has 2 aromatic rings. The molecule has 0 spiro atoms. The Morgan fingerprint density at radius 3 is 2.74 bits per heavy atom. The maximum Gasteiger partial charge on any atom is 0.291 e. The summed E-state index contributed by atoms with van der Waals surface area (Å²) in [6, 6.07) is 6.40. The highest BCUT2D eigenvalue weighted by Crippen LogP contribution is 2.36. The molecular formula is C12H9BrN2O4. The molecule has 1 N–H and O–H groups in total. The van der Waals surface area contributed by atoms with Crippen molar-refractivity contribution in [1.82, 2.24) is 4.98 Å². The SMILES string of the molecule is Cc1c([N+](=O)[O-])cnc(Oc2ccccc2O)c1Br. The van der Waals surface area contributed by atoms with Crippen LogP contribution in [0.15, 0.2) is 34.9 Å². The fourth-order valence-electron chi connectivity index (χ4n) is 1.45. The maximum absolute atomic E-state index is 10.8. The summed E-state index contributed by atoms with van der Waals surface area (Å²) in [5.41, 5.74) is 0.307. The minimum absolute atomic E-state index is 0.0350. The largest absolute Gasteiger partial charge is 0.504 e. The lowest BCUT2D eigenvalue weighted by molar-refractivity contribution is -0.385. The van der Waals surface area contributed by atoms with Crippen LogP contribution in [0.2, 0.25) is 0 Å². The zero-order chi connectivity index (χ0) is 14.0. The van der Waals surface area contributed by atoms with Gasteiger partial charge in [-0.25, -0.2) is 4.98 Å². The first-order valence-electron chi connectivity index (χ1n) is 5.26. The van der Waals surface area contributed by atoms with Crippen molar-refractivity contribution in [3.8, 4) is 17.4 Å². The van der Waals surface area contributed by atoms with Gasteiger partial charge in [-0.2, -0.15) is 0 Å². The molecule has 0 aliphatic carbocycles. The number of nitro groups is 1. The molecule has 98 valence electrons. The Labute approximate surface area is 117 Å². The molecule has 6 nitrogen and oxygen atoms in total. The number of rotatable bonds is 3. The molecule has 0 saturated carbocycles. The molecule has 19 heavy (non-hydrogen) atoms. The van der Waals surface area contributed by atoms with Crippen LogP contribution < -0.4 is 4.74 Å². The number of pyridine rings is 1. The third kappa shape index (κ3) is 2.65. The van der Waals surface area contributed by atoms with Crippen molar-refractivity contribution in [2.45, 2.75) is 6.92 Å². The summed E-state index contributed by atoms with van der Waals surface area (Å²) >= 11 is 3.21. The fourth-order valence-corrected chi connectivity index (χ4v) is 1.84. The Bertz CT molecular complexity index is 646. The lowest BCUT2D eigenvalue weighted by Gasteiger charge is -2.09. The first-order valence-corrected chi connectivity index (χ1v) is 6.05. The van der Waals surface area contributed by atoms with Gasteiger partial charge in [-0.3, -0.25) is 10.1 Å². The van der Waals surface area contributed by atoms with Crippen LogP contribution in [0.5, 0.6) is 17.4 Å². The van der Waals surface area contributed by atoms with E-state index in [0.29, 0.717) is 10.0 Å². The van der Waals surface area contributed by atoms with Gasteiger partial charge in [0, 0.05) is 5.56 Å². The Morgan fingerprint density at radius 2 is 2.11 bits per heavy atom. The van der Waals surface area contributed by atoms with Crippen molar-refractivity contribution in [2.24, 2.45) is 0 Å². The number of hydrogen-bond donors (Lipinski definition) is 1. The van der Waals surface area contributed by atoms with E-state index in [1.807, 2.05) is 0 Å². The van der Waals surface area contributed by atoms with Crippen LogP contribution in [0.25, 0.3) is 0 Å². The third-order valence-corrected chi connectivity index (χ3v) is 3.41. The van der Waals surface area contributed by atoms with Gasteiger partial charge in [0.05, 0.1) is 9.40 Å². The van der Waals surface area contributed by atoms with E-state index in [1.54, 1.807) is 25.1 Å². The molecular weight excluding hydrogens is 316 g/mol. The molecule has 0 bridgehead atoms. The van der Waals surface area contributed by atoms with E-state index in [2.05, 4.69) is 20.9 Å². The number of benzene rings is 1. The lowest BCUT2D eigenvalue weighted by atomic mass is 10.2. The number of para-hydroxylation sites is 2. The highest BCUT2D eigenvalue weighted by atomic mass is 79.9. The van der Waals surface area contributed by atoms with E-state index in [0.717, 1.165) is 6.20 Å². The van der Waals surface area contributed by atoms with Crippen molar-refractivity contribution in [3.05, 3.63) is 50.6 Å². The smallest absolute Gasteiger partial charge is 0.291 e. The van der Waals surface area contributed by atoms with Gasteiger partial charge in [0.2, 0.25) is 5.88 Å². The quantitative estimate of drug-likeness (QED) is 0.689.